The zero-order valence-corrected chi connectivity index (χ0v) is 15.6. The quantitative estimate of drug-likeness (QED) is 0.350. The van der Waals surface area contributed by atoms with Gasteiger partial charge in [-0.05, 0) is 12.1 Å². The molecule has 5 aromatic rings. The fraction of sp³-hybridized carbons (Fsp3) is 0.0870. The molecule has 6 rings (SSSR count). The number of aryl methyl sites for hydroxylation is 1. The number of fused-ring (bicyclic) bond motifs is 10. The summed E-state index contributed by atoms with van der Waals surface area (Å²) in [5.41, 5.74) is 3.53. The van der Waals surface area contributed by atoms with Gasteiger partial charge in [0.2, 0.25) is 0 Å². The number of carbonyl (C=O) groups is 3. The molecule has 0 spiro atoms. The van der Waals surface area contributed by atoms with Crippen LogP contribution in [0.15, 0.2) is 48.5 Å². The highest BCUT2D eigenvalue weighted by Crippen LogP contribution is 2.44. The van der Waals surface area contributed by atoms with E-state index in [1.165, 1.54) is 0 Å². The lowest BCUT2D eigenvalue weighted by molar-refractivity contribution is -0.137. The number of nitrogens with one attached hydrogen (secondary N) is 1. The first-order chi connectivity index (χ1) is 14.6. The summed E-state index contributed by atoms with van der Waals surface area (Å²) in [4.78, 5) is 40.1. The van der Waals surface area contributed by atoms with Crippen LogP contribution in [0, 0.1) is 0 Å². The molecule has 2 aromatic heterocycles. The van der Waals surface area contributed by atoms with Crippen LogP contribution in [0.5, 0.6) is 0 Å². The Morgan fingerprint density at radius 1 is 0.933 bits per heavy atom. The van der Waals surface area contributed by atoms with E-state index in [0.717, 1.165) is 21.8 Å². The largest absolute Gasteiger partial charge is 0.481 e. The van der Waals surface area contributed by atoms with Crippen molar-refractivity contribution in [2.45, 2.75) is 13.0 Å². The fourth-order valence-electron chi connectivity index (χ4n) is 4.68. The van der Waals surface area contributed by atoms with Crippen LogP contribution in [-0.4, -0.2) is 32.6 Å². The lowest BCUT2D eigenvalue weighted by Gasteiger charge is -2.08. The number of nitrogens with zero attached hydrogens (tertiary/aromatic N) is 1. The first-order valence-electron chi connectivity index (χ1n) is 9.52. The monoisotopic (exact) mass is 398 g/mol. The van der Waals surface area contributed by atoms with Crippen molar-refractivity contribution in [3.05, 3.63) is 59.7 Å². The average Bonchev–Trinajstić information content (AvgIpc) is 3.36. The summed E-state index contributed by atoms with van der Waals surface area (Å²) in [5, 5.41) is 12.1. The molecule has 0 unspecified atom stereocenters. The molecule has 7 heteroatoms. The summed E-state index contributed by atoms with van der Waals surface area (Å²) in [5.74, 6) is -2.24. The second kappa shape index (κ2) is 5.70. The predicted octanol–water partition coefficient (Wildman–Crippen LogP) is 4.21. The van der Waals surface area contributed by atoms with E-state index in [1.54, 1.807) is 0 Å². The molecule has 2 N–H and O–H groups in total. The lowest BCUT2D eigenvalue weighted by atomic mass is 9.97. The van der Waals surface area contributed by atoms with Gasteiger partial charge >= 0.3 is 17.9 Å². The summed E-state index contributed by atoms with van der Waals surface area (Å²) in [6.45, 7) is 0.228. The highest BCUT2D eigenvalue weighted by Gasteiger charge is 2.37. The van der Waals surface area contributed by atoms with Gasteiger partial charge in [0.05, 0.1) is 28.6 Å². The van der Waals surface area contributed by atoms with Gasteiger partial charge in [-0.1, -0.05) is 36.4 Å². The van der Waals surface area contributed by atoms with Crippen molar-refractivity contribution < 1.29 is 24.2 Å². The Bertz CT molecular complexity index is 1590. The molecule has 30 heavy (non-hydrogen) atoms. The molecule has 3 aromatic carbocycles. The van der Waals surface area contributed by atoms with E-state index in [-0.39, 0.29) is 24.1 Å². The van der Waals surface area contributed by atoms with Crippen molar-refractivity contribution in [1.82, 2.24) is 9.55 Å². The number of hydrogen-bond donors (Lipinski definition) is 2. The number of hydrogen-bond acceptors (Lipinski definition) is 4. The Morgan fingerprint density at radius 3 is 2.37 bits per heavy atom. The predicted molar refractivity (Wildman–Crippen MR) is 111 cm³/mol. The Hall–Kier alpha value is -4.13. The van der Waals surface area contributed by atoms with E-state index < -0.39 is 17.9 Å². The smallest absolute Gasteiger partial charge is 0.347 e. The van der Waals surface area contributed by atoms with Crippen LogP contribution >= 0.6 is 0 Å². The Labute approximate surface area is 168 Å². The van der Waals surface area contributed by atoms with Crippen LogP contribution in [-0.2, 0) is 16.1 Å². The number of benzene rings is 3. The lowest BCUT2D eigenvalue weighted by Crippen LogP contribution is -2.05. The molecule has 0 amide bonds. The van der Waals surface area contributed by atoms with Gasteiger partial charge in [0.25, 0.3) is 0 Å². The van der Waals surface area contributed by atoms with Crippen LogP contribution in [0.1, 0.15) is 27.1 Å². The van der Waals surface area contributed by atoms with Gasteiger partial charge in [0.15, 0.2) is 0 Å². The number of rotatable bonds is 3. The Kier molecular flexibility index (Phi) is 3.19. The summed E-state index contributed by atoms with van der Waals surface area (Å²) in [7, 11) is 0. The van der Waals surface area contributed by atoms with E-state index in [0.29, 0.717) is 21.8 Å². The maximum absolute atomic E-state index is 12.8. The molecule has 1 aliphatic heterocycles. The van der Waals surface area contributed by atoms with Gasteiger partial charge in [-0.25, -0.2) is 9.59 Å². The fourth-order valence-corrected chi connectivity index (χ4v) is 4.68. The summed E-state index contributed by atoms with van der Waals surface area (Å²) < 4.78 is 6.94. The van der Waals surface area contributed by atoms with E-state index in [2.05, 4.69) is 4.98 Å². The number of carbonyl (C=O) groups excluding carboxylic acids is 2. The Morgan fingerprint density at radius 2 is 1.60 bits per heavy atom. The maximum atomic E-state index is 12.8. The maximum Gasteiger partial charge on any atom is 0.347 e. The summed E-state index contributed by atoms with van der Waals surface area (Å²) >= 11 is 0. The van der Waals surface area contributed by atoms with Gasteiger partial charge in [0, 0.05) is 39.1 Å². The van der Waals surface area contributed by atoms with Crippen molar-refractivity contribution in [3.8, 4) is 0 Å². The second-order valence-corrected chi connectivity index (χ2v) is 7.38. The minimum atomic E-state index is -0.912. The topological polar surface area (TPSA) is 101 Å². The highest BCUT2D eigenvalue weighted by atomic mass is 16.6. The third-order valence-corrected chi connectivity index (χ3v) is 5.81. The molecule has 0 aliphatic carbocycles. The van der Waals surface area contributed by atoms with E-state index in [9.17, 15) is 19.5 Å². The molecule has 0 fully saturated rings. The molecular formula is C23H14N2O5. The number of carboxylic acid groups (broad SMARTS) is 1. The van der Waals surface area contributed by atoms with Crippen molar-refractivity contribution in [2.75, 3.05) is 0 Å². The number of H-pyrrole nitrogens is 1. The number of ether oxygens (including phenoxy) is 1. The number of para-hydroxylation sites is 2. The highest BCUT2D eigenvalue weighted by molar-refractivity contribution is 6.36. The second-order valence-electron chi connectivity index (χ2n) is 7.38. The van der Waals surface area contributed by atoms with Crippen LogP contribution in [0.2, 0.25) is 0 Å². The summed E-state index contributed by atoms with van der Waals surface area (Å²) in [6.07, 6.45) is -0.0735. The van der Waals surface area contributed by atoms with Crippen molar-refractivity contribution in [2.24, 2.45) is 0 Å². The Balaban J connectivity index is 1.93. The van der Waals surface area contributed by atoms with Crippen molar-refractivity contribution >= 4 is 61.5 Å². The average molecular weight is 398 g/mol. The van der Waals surface area contributed by atoms with E-state index >= 15 is 0 Å². The first-order valence-corrected chi connectivity index (χ1v) is 9.52. The number of aromatic amines is 1. The number of cyclic esters (lactones) is 2. The van der Waals surface area contributed by atoms with E-state index in [4.69, 9.17) is 4.74 Å². The molecule has 0 saturated heterocycles. The molecule has 0 bridgehead atoms. The molecule has 0 radical (unpaired) electrons. The number of aromatic nitrogens is 2. The zero-order valence-electron chi connectivity index (χ0n) is 15.6. The summed E-state index contributed by atoms with van der Waals surface area (Å²) in [6, 6.07) is 15.0. The number of carboxylic acids is 1. The zero-order chi connectivity index (χ0) is 20.6. The third kappa shape index (κ3) is 2.01. The van der Waals surface area contributed by atoms with E-state index in [1.807, 2.05) is 53.1 Å². The first kappa shape index (κ1) is 16.8. The molecule has 7 nitrogen and oxygen atoms in total. The van der Waals surface area contributed by atoms with Crippen LogP contribution in [0.4, 0.5) is 0 Å². The number of esters is 2. The van der Waals surface area contributed by atoms with Gasteiger partial charge in [-0.2, -0.15) is 0 Å². The number of aliphatic carboxylic acids is 1. The van der Waals surface area contributed by atoms with Gasteiger partial charge in [-0.15, -0.1) is 0 Å². The molecule has 0 saturated carbocycles. The van der Waals surface area contributed by atoms with Crippen molar-refractivity contribution in [1.29, 1.82) is 0 Å². The SMILES string of the molecule is O=C(O)CCn1c2ccccc2c2c3c(c4c5ccccc5[nH]c4c21)C(=O)OC3=O. The minimum Gasteiger partial charge on any atom is -0.481 e. The van der Waals surface area contributed by atoms with Crippen LogP contribution in [0.25, 0.3) is 43.6 Å². The van der Waals surface area contributed by atoms with Crippen molar-refractivity contribution in [3.63, 3.8) is 0 Å². The molecular weight excluding hydrogens is 384 g/mol. The normalized spacial score (nSPS) is 13.6. The molecule has 146 valence electrons. The molecule has 0 atom stereocenters. The molecule has 1 aliphatic rings. The standard InChI is InChI=1S/C23H14N2O5/c26-15(27)9-10-25-14-8-4-2-6-12(14)17-19-18(22(28)30-23(19)29)16-11-5-1-3-7-13(11)24-20(16)21(17)25/h1-8,24H,9-10H2,(H,26,27). The van der Waals surface area contributed by atoms with Crippen LogP contribution < -0.4 is 0 Å². The third-order valence-electron chi connectivity index (χ3n) is 5.81. The minimum absolute atomic E-state index is 0.0735. The van der Waals surface area contributed by atoms with Gasteiger partial charge in [-0.3, -0.25) is 4.79 Å². The van der Waals surface area contributed by atoms with Gasteiger partial charge < -0.3 is 19.4 Å². The molecule has 3 heterocycles. The van der Waals surface area contributed by atoms with Crippen LogP contribution in [0.3, 0.4) is 0 Å². The van der Waals surface area contributed by atoms with Gasteiger partial charge in [0.1, 0.15) is 0 Å².